The van der Waals surface area contributed by atoms with Gasteiger partial charge in [0.25, 0.3) is 0 Å². The first-order chi connectivity index (χ1) is 14.6. The molecule has 0 aliphatic rings. The molecule has 0 radical (unpaired) electrons. The molecule has 0 aromatic heterocycles. The molecule has 0 N–H and O–H groups in total. The van der Waals surface area contributed by atoms with Crippen LogP contribution in [0.1, 0.15) is 103 Å². The molecule has 0 heterocycles. The minimum absolute atomic E-state index is 0.0643. The van der Waals surface area contributed by atoms with Gasteiger partial charge < -0.3 is 9.47 Å². The second-order valence-corrected chi connectivity index (χ2v) is 8.49. The maximum Gasteiger partial charge on any atom is 0.327 e. The quantitative estimate of drug-likeness (QED) is 0.0856. The van der Waals surface area contributed by atoms with Crippen molar-refractivity contribution in [3.8, 4) is 0 Å². The fraction of sp³-hybridized carbons (Fsp3) is 0.909. The molecule has 1 atom stereocenters. The van der Waals surface area contributed by atoms with Gasteiger partial charge in [0.2, 0.25) is 0 Å². The first-order valence-electron chi connectivity index (χ1n) is 11.5. The summed E-state index contributed by atoms with van der Waals surface area (Å²) in [6.45, 7) is 2.07. The van der Waals surface area contributed by atoms with Gasteiger partial charge in [-0.1, -0.05) is 71.1 Å². The number of carbonyl (C=O) groups excluding carboxylic acids is 2. The second kappa shape index (κ2) is 23.0. The zero-order valence-corrected chi connectivity index (χ0v) is 20.4. The fourth-order valence-electron chi connectivity index (χ4n) is 3.05. The van der Waals surface area contributed by atoms with Crippen LogP contribution in [0.4, 0.5) is 0 Å². The molecule has 0 bridgehead atoms. The highest BCUT2D eigenvalue weighted by atomic mass is 32.1. The van der Waals surface area contributed by atoms with Crippen LogP contribution in [0.5, 0.6) is 0 Å². The van der Waals surface area contributed by atoms with Gasteiger partial charge in [-0.3, -0.25) is 14.1 Å². The maximum absolute atomic E-state index is 12.0. The molecule has 8 heteroatoms. The Hall–Kier alpha value is -0.650. The van der Waals surface area contributed by atoms with E-state index in [9.17, 15) is 14.2 Å². The van der Waals surface area contributed by atoms with E-state index in [-0.39, 0.29) is 25.2 Å². The van der Waals surface area contributed by atoms with Crippen molar-refractivity contribution in [1.29, 1.82) is 0 Å². The van der Waals surface area contributed by atoms with Crippen LogP contribution >= 0.6 is 21.3 Å². The average Bonchev–Trinajstić information content (AvgIpc) is 2.74. The Morgan fingerprint density at radius 1 is 0.767 bits per heavy atom. The molecule has 0 aliphatic carbocycles. The standard InChI is InChI=1S/C22H41O6PS/c1-2-3-4-5-6-7-9-13-16-22(24)28-20(19-27-29-25)18-26-21(23)15-12-10-8-11-14-17-30/h20,30H,2-19H2,1H3/t20-/m1/s1. The monoisotopic (exact) mass is 464 g/mol. The number of rotatable bonds is 22. The Morgan fingerprint density at radius 2 is 1.30 bits per heavy atom. The van der Waals surface area contributed by atoms with Gasteiger partial charge in [0, 0.05) is 12.8 Å². The van der Waals surface area contributed by atoms with Crippen molar-refractivity contribution < 1.29 is 28.2 Å². The Labute approximate surface area is 189 Å². The number of hydrogen-bond acceptors (Lipinski definition) is 7. The number of esters is 2. The minimum Gasteiger partial charge on any atom is -0.462 e. The zero-order valence-electron chi connectivity index (χ0n) is 18.6. The largest absolute Gasteiger partial charge is 0.462 e. The molecule has 30 heavy (non-hydrogen) atoms. The van der Waals surface area contributed by atoms with Crippen molar-refractivity contribution in [3.63, 3.8) is 0 Å². The Morgan fingerprint density at radius 3 is 1.87 bits per heavy atom. The van der Waals surface area contributed by atoms with Crippen LogP contribution in [0.15, 0.2) is 0 Å². The van der Waals surface area contributed by atoms with Crippen LogP contribution in [0, 0.1) is 0 Å². The van der Waals surface area contributed by atoms with Crippen molar-refractivity contribution in [2.24, 2.45) is 0 Å². The molecular weight excluding hydrogens is 423 g/mol. The number of ether oxygens (including phenoxy) is 2. The second-order valence-electron chi connectivity index (χ2n) is 7.63. The summed E-state index contributed by atoms with van der Waals surface area (Å²) in [6.07, 6.45) is 14.2. The molecule has 0 rings (SSSR count). The summed E-state index contributed by atoms with van der Waals surface area (Å²) < 4.78 is 25.9. The summed E-state index contributed by atoms with van der Waals surface area (Å²) in [6, 6.07) is 0. The third kappa shape index (κ3) is 20.6. The molecule has 0 saturated heterocycles. The van der Waals surface area contributed by atoms with Gasteiger partial charge in [0.15, 0.2) is 6.10 Å². The van der Waals surface area contributed by atoms with Crippen LogP contribution in [-0.4, -0.2) is 37.0 Å². The summed E-state index contributed by atoms with van der Waals surface area (Å²) >= 11 is 4.17. The molecular formula is C22H41O6PS. The van der Waals surface area contributed by atoms with Gasteiger partial charge in [0.05, 0.1) is 0 Å². The van der Waals surface area contributed by atoms with Gasteiger partial charge >= 0.3 is 20.6 Å². The van der Waals surface area contributed by atoms with Gasteiger partial charge in [-0.25, -0.2) is 4.57 Å². The molecule has 0 aliphatic heterocycles. The maximum atomic E-state index is 12.0. The lowest BCUT2D eigenvalue weighted by molar-refractivity contribution is -0.160. The highest BCUT2D eigenvalue weighted by Gasteiger charge is 2.17. The lowest BCUT2D eigenvalue weighted by atomic mass is 10.1. The van der Waals surface area contributed by atoms with Crippen LogP contribution in [0.3, 0.4) is 0 Å². The van der Waals surface area contributed by atoms with Crippen LogP contribution in [-0.2, 0) is 28.2 Å². The van der Waals surface area contributed by atoms with Gasteiger partial charge in [-0.15, -0.1) is 0 Å². The number of hydrogen-bond donors (Lipinski definition) is 1. The van der Waals surface area contributed by atoms with E-state index < -0.39 is 14.8 Å². The van der Waals surface area contributed by atoms with E-state index in [4.69, 9.17) is 14.0 Å². The minimum atomic E-state index is -0.729. The van der Waals surface area contributed by atoms with Gasteiger partial charge in [-0.2, -0.15) is 12.6 Å². The lowest BCUT2D eigenvalue weighted by Crippen LogP contribution is -2.28. The SMILES string of the molecule is CCCCCCCCCCC(=O)O[C@@H](COP=O)COC(=O)CCCCCCCS. The van der Waals surface area contributed by atoms with Crippen LogP contribution in [0.2, 0.25) is 0 Å². The van der Waals surface area contributed by atoms with E-state index in [1.165, 1.54) is 32.1 Å². The third-order valence-corrected chi connectivity index (χ3v) is 5.39. The molecule has 0 aromatic rings. The Kier molecular flexibility index (Phi) is 22.5. The van der Waals surface area contributed by atoms with Crippen LogP contribution in [0.25, 0.3) is 0 Å². The summed E-state index contributed by atoms with van der Waals surface area (Å²) in [5.74, 6) is 0.247. The summed E-state index contributed by atoms with van der Waals surface area (Å²) in [4.78, 5) is 23.9. The zero-order chi connectivity index (χ0) is 22.3. The molecule has 6 nitrogen and oxygen atoms in total. The van der Waals surface area contributed by atoms with E-state index in [2.05, 4.69) is 19.6 Å². The van der Waals surface area contributed by atoms with E-state index in [0.717, 1.165) is 57.1 Å². The van der Waals surface area contributed by atoms with E-state index in [0.29, 0.717) is 12.8 Å². The smallest absolute Gasteiger partial charge is 0.327 e. The van der Waals surface area contributed by atoms with Crippen molar-refractivity contribution in [1.82, 2.24) is 0 Å². The normalized spacial score (nSPS) is 12.1. The number of carbonyl (C=O) groups is 2. The lowest BCUT2D eigenvalue weighted by Gasteiger charge is -2.16. The van der Waals surface area contributed by atoms with Crippen molar-refractivity contribution in [2.75, 3.05) is 19.0 Å². The molecule has 0 amide bonds. The Balaban J connectivity index is 3.92. The van der Waals surface area contributed by atoms with Crippen molar-refractivity contribution in [3.05, 3.63) is 0 Å². The van der Waals surface area contributed by atoms with Crippen molar-refractivity contribution in [2.45, 2.75) is 109 Å². The first-order valence-corrected chi connectivity index (χ1v) is 12.9. The topological polar surface area (TPSA) is 78.9 Å². The molecule has 0 spiro atoms. The number of thiol groups is 1. The summed E-state index contributed by atoms with van der Waals surface area (Å²) in [7, 11) is -0.491. The van der Waals surface area contributed by atoms with Crippen LogP contribution < -0.4 is 0 Å². The fourth-order valence-corrected chi connectivity index (χ4v) is 3.50. The summed E-state index contributed by atoms with van der Waals surface area (Å²) in [5, 5.41) is 0. The molecule has 0 saturated carbocycles. The highest BCUT2D eigenvalue weighted by molar-refractivity contribution is 7.80. The number of unbranched alkanes of at least 4 members (excludes halogenated alkanes) is 11. The molecule has 0 aromatic carbocycles. The highest BCUT2D eigenvalue weighted by Crippen LogP contribution is 2.12. The Bertz CT molecular complexity index is 436. The predicted octanol–water partition coefficient (Wildman–Crippen LogP) is 6.47. The third-order valence-electron chi connectivity index (χ3n) is 4.81. The first kappa shape index (κ1) is 29.4. The van der Waals surface area contributed by atoms with E-state index in [1.54, 1.807) is 0 Å². The average molecular weight is 465 g/mol. The van der Waals surface area contributed by atoms with E-state index in [1.807, 2.05) is 0 Å². The molecule has 176 valence electrons. The van der Waals surface area contributed by atoms with E-state index >= 15 is 0 Å². The molecule has 0 unspecified atom stereocenters. The van der Waals surface area contributed by atoms with Gasteiger partial charge in [-0.05, 0) is 25.0 Å². The van der Waals surface area contributed by atoms with Crippen molar-refractivity contribution >= 4 is 33.3 Å². The summed E-state index contributed by atoms with van der Waals surface area (Å²) in [5.41, 5.74) is 0. The predicted molar refractivity (Wildman–Crippen MR) is 123 cm³/mol. The van der Waals surface area contributed by atoms with Gasteiger partial charge in [0.1, 0.15) is 13.2 Å². The molecule has 0 fully saturated rings.